The number of rotatable bonds is 6. The van der Waals surface area contributed by atoms with E-state index in [0.29, 0.717) is 12.5 Å². The fourth-order valence-electron chi connectivity index (χ4n) is 3.40. The average molecular weight is 421 g/mol. The van der Waals surface area contributed by atoms with Crippen LogP contribution in [0.4, 0.5) is 0 Å². The third-order valence-corrected chi connectivity index (χ3v) is 5.27. The van der Waals surface area contributed by atoms with Crippen molar-refractivity contribution in [1.29, 1.82) is 0 Å². The molecular weight excluding hydrogens is 395 g/mol. The summed E-state index contributed by atoms with van der Waals surface area (Å²) in [5.74, 6) is 0.676. The zero-order chi connectivity index (χ0) is 17.9. The Morgan fingerprint density at radius 1 is 1.18 bits per heavy atom. The minimum Gasteiger partial charge on any atom is -0.352 e. The van der Waals surface area contributed by atoms with Crippen molar-refractivity contribution in [3.63, 3.8) is 0 Å². The molecule has 1 atom stereocenters. The second-order valence-corrected chi connectivity index (χ2v) is 7.11. The Kier molecular flexibility index (Phi) is 7.87. The molecule has 1 aliphatic heterocycles. The third kappa shape index (κ3) is 4.85. The second-order valence-electron chi connectivity index (χ2n) is 7.11. The van der Waals surface area contributed by atoms with E-state index >= 15 is 0 Å². The quantitative estimate of drug-likeness (QED) is 0.642. The number of carbonyl (C=O) groups is 1. The van der Waals surface area contributed by atoms with Gasteiger partial charge in [-0.15, -0.1) is 24.8 Å². The molecule has 1 aromatic heterocycles. The lowest BCUT2D eigenvalue weighted by Crippen LogP contribution is -2.49. The molecule has 1 unspecified atom stereocenters. The number of nitrogens with one attached hydrogen (secondary N) is 2. The molecule has 2 N–H and O–H groups in total. The van der Waals surface area contributed by atoms with Crippen LogP contribution in [-0.2, 0) is 17.9 Å². The number of amides is 1. The number of fused-ring (bicyclic) bond motifs is 1. The number of hydrogen-bond donors (Lipinski definition) is 2. The molecule has 2 heterocycles. The van der Waals surface area contributed by atoms with E-state index in [-0.39, 0.29) is 36.6 Å². The lowest BCUT2D eigenvalue weighted by Gasteiger charge is -2.31. The van der Waals surface area contributed by atoms with Crippen LogP contribution in [0.1, 0.15) is 18.1 Å². The molecule has 2 aromatic carbocycles. The molecule has 0 aliphatic carbocycles. The summed E-state index contributed by atoms with van der Waals surface area (Å²) in [5, 5.41) is 6.30. The summed E-state index contributed by atoms with van der Waals surface area (Å²) in [6.45, 7) is 5.25. The molecule has 0 bridgehead atoms. The van der Waals surface area contributed by atoms with E-state index in [1.165, 1.54) is 5.56 Å². The van der Waals surface area contributed by atoms with Crippen LogP contribution in [0.2, 0.25) is 0 Å². The maximum atomic E-state index is 12.3. The summed E-state index contributed by atoms with van der Waals surface area (Å²) in [4.78, 5) is 16.7. The van der Waals surface area contributed by atoms with E-state index in [4.69, 9.17) is 0 Å². The van der Waals surface area contributed by atoms with Crippen molar-refractivity contribution in [3.05, 3.63) is 66.0 Å². The predicted molar refractivity (Wildman–Crippen MR) is 117 cm³/mol. The van der Waals surface area contributed by atoms with Gasteiger partial charge in [0.05, 0.1) is 17.4 Å². The first-order valence-electron chi connectivity index (χ1n) is 9.17. The highest BCUT2D eigenvalue weighted by molar-refractivity contribution is 5.85. The molecule has 0 radical (unpaired) electrons. The Bertz CT molecular complexity index is 923. The zero-order valence-electron chi connectivity index (χ0n) is 15.8. The van der Waals surface area contributed by atoms with Crippen molar-refractivity contribution >= 4 is 41.8 Å². The van der Waals surface area contributed by atoms with E-state index in [9.17, 15) is 4.79 Å². The number of halogens is 2. The maximum absolute atomic E-state index is 12.3. The highest BCUT2D eigenvalue weighted by Gasteiger charge is 2.28. The summed E-state index contributed by atoms with van der Waals surface area (Å²) >= 11 is 0. The lowest BCUT2D eigenvalue weighted by atomic mass is 9.88. The predicted octanol–water partition coefficient (Wildman–Crippen LogP) is 3.40. The molecule has 4 rings (SSSR count). The van der Waals surface area contributed by atoms with E-state index in [1.54, 1.807) is 0 Å². The molecule has 150 valence electrons. The van der Waals surface area contributed by atoms with Gasteiger partial charge in [0.15, 0.2) is 0 Å². The van der Waals surface area contributed by atoms with Crippen LogP contribution in [0, 0.1) is 11.8 Å². The smallest absolute Gasteiger partial charge is 0.223 e. The molecule has 0 spiro atoms. The van der Waals surface area contributed by atoms with Crippen molar-refractivity contribution < 1.29 is 4.79 Å². The van der Waals surface area contributed by atoms with Gasteiger partial charge in [0, 0.05) is 19.0 Å². The molecule has 7 heteroatoms. The van der Waals surface area contributed by atoms with Gasteiger partial charge in [-0.3, -0.25) is 4.79 Å². The van der Waals surface area contributed by atoms with Gasteiger partial charge >= 0.3 is 0 Å². The van der Waals surface area contributed by atoms with Crippen LogP contribution < -0.4 is 10.6 Å². The van der Waals surface area contributed by atoms with Gasteiger partial charge < -0.3 is 15.2 Å². The van der Waals surface area contributed by atoms with Gasteiger partial charge in [-0.1, -0.05) is 43.3 Å². The highest BCUT2D eigenvalue weighted by Crippen LogP contribution is 2.17. The first kappa shape index (κ1) is 22.2. The molecule has 5 nitrogen and oxygen atoms in total. The Hall–Kier alpha value is -2.08. The molecule has 1 amide bonds. The van der Waals surface area contributed by atoms with Crippen molar-refractivity contribution in [3.8, 4) is 0 Å². The Morgan fingerprint density at radius 3 is 2.68 bits per heavy atom. The lowest BCUT2D eigenvalue weighted by molar-refractivity contribution is -0.126. The summed E-state index contributed by atoms with van der Waals surface area (Å²) in [5.41, 5.74) is 4.47. The first-order chi connectivity index (χ1) is 12.7. The van der Waals surface area contributed by atoms with Crippen molar-refractivity contribution in [1.82, 2.24) is 20.2 Å². The first-order valence-corrected chi connectivity index (χ1v) is 9.17. The van der Waals surface area contributed by atoms with Crippen LogP contribution in [-0.4, -0.2) is 28.5 Å². The third-order valence-electron chi connectivity index (χ3n) is 5.27. The summed E-state index contributed by atoms with van der Waals surface area (Å²) in [7, 11) is 0. The van der Waals surface area contributed by atoms with Gasteiger partial charge in [-0.2, -0.15) is 0 Å². The molecular formula is C21H26Cl2N4O. The summed E-state index contributed by atoms with van der Waals surface area (Å²) in [6, 6.07) is 16.5. The normalized spacial score (nSPS) is 14.5. The standard InChI is InChI=1S/C21H24N4O.2ClH/c1-15(18-11-22-12-18)21(26)23-10-16-5-4-6-17(9-16)13-25-14-24-19-7-2-3-8-20(19)25;;/h2-9,14-15,18,22H,10-13H2,1H3,(H,23,26);2*1H. The minimum absolute atomic E-state index is 0. The van der Waals surface area contributed by atoms with Crippen molar-refractivity contribution in [2.24, 2.45) is 11.8 Å². The largest absolute Gasteiger partial charge is 0.352 e. The molecule has 0 saturated carbocycles. The fraction of sp³-hybridized carbons (Fsp3) is 0.333. The van der Waals surface area contributed by atoms with Crippen LogP contribution >= 0.6 is 24.8 Å². The van der Waals surface area contributed by atoms with Crippen LogP contribution in [0.5, 0.6) is 0 Å². The second kappa shape index (κ2) is 9.92. The number of benzene rings is 2. The minimum atomic E-state index is 0. The Morgan fingerprint density at radius 2 is 1.93 bits per heavy atom. The average Bonchev–Trinajstić information content (AvgIpc) is 3.01. The zero-order valence-corrected chi connectivity index (χ0v) is 17.4. The summed E-state index contributed by atoms with van der Waals surface area (Å²) < 4.78 is 2.15. The Labute approximate surface area is 177 Å². The topological polar surface area (TPSA) is 59.0 Å². The van der Waals surface area contributed by atoms with Gasteiger partial charge in [0.25, 0.3) is 0 Å². The maximum Gasteiger partial charge on any atom is 0.223 e. The number of para-hydroxylation sites is 2. The van der Waals surface area contributed by atoms with E-state index < -0.39 is 0 Å². The molecule has 1 aliphatic rings. The van der Waals surface area contributed by atoms with Crippen molar-refractivity contribution in [2.75, 3.05) is 13.1 Å². The monoisotopic (exact) mass is 420 g/mol. The van der Waals surface area contributed by atoms with Crippen LogP contribution in [0.25, 0.3) is 11.0 Å². The number of aromatic nitrogens is 2. The van der Waals surface area contributed by atoms with Crippen LogP contribution in [0.15, 0.2) is 54.9 Å². The van der Waals surface area contributed by atoms with Gasteiger partial charge in [-0.25, -0.2) is 4.98 Å². The van der Waals surface area contributed by atoms with Crippen molar-refractivity contribution in [2.45, 2.75) is 20.0 Å². The molecule has 1 saturated heterocycles. The number of imidazole rings is 1. The molecule has 1 fully saturated rings. The Balaban J connectivity index is 0.00000140. The van der Waals surface area contributed by atoms with E-state index in [0.717, 1.165) is 36.2 Å². The van der Waals surface area contributed by atoms with E-state index in [2.05, 4.69) is 50.5 Å². The van der Waals surface area contributed by atoms with Gasteiger partial charge in [-0.05, 0) is 42.3 Å². The number of nitrogens with zero attached hydrogens (tertiary/aromatic N) is 2. The number of carbonyl (C=O) groups excluding carboxylic acids is 1. The highest BCUT2D eigenvalue weighted by atomic mass is 35.5. The van der Waals surface area contributed by atoms with E-state index in [1.807, 2.05) is 31.5 Å². The fourth-order valence-corrected chi connectivity index (χ4v) is 3.40. The van der Waals surface area contributed by atoms with Crippen LogP contribution in [0.3, 0.4) is 0 Å². The molecule has 28 heavy (non-hydrogen) atoms. The molecule has 3 aromatic rings. The van der Waals surface area contributed by atoms with Gasteiger partial charge in [0.1, 0.15) is 0 Å². The SMILES string of the molecule is CC(C(=O)NCc1cccc(Cn2cnc3ccccc32)c1)C1CNC1.Cl.Cl. The summed E-state index contributed by atoms with van der Waals surface area (Å²) in [6.07, 6.45) is 1.88. The van der Waals surface area contributed by atoms with Gasteiger partial charge in [0.2, 0.25) is 5.91 Å². The number of hydrogen-bond acceptors (Lipinski definition) is 3.